The molecule has 1 aromatic heterocycles. The fourth-order valence-corrected chi connectivity index (χ4v) is 2.90. The Morgan fingerprint density at radius 3 is 2.60 bits per heavy atom. The fourth-order valence-electron chi connectivity index (χ4n) is 2.90. The van der Waals surface area contributed by atoms with Gasteiger partial charge in [0.05, 0.1) is 30.2 Å². The number of H-pyrrole nitrogens is 1. The summed E-state index contributed by atoms with van der Waals surface area (Å²) in [5.41, 5.74) is 0.588. The van der Waals surface area contributed by atoms with E-state index < -0.39 is 12.1 Å². The van der Waals surface area contributed by atoms with Crippen LogP contribution in [0.2, 0.25) is 0 Å². The summed E-state index contributed by atoms with van der Waals surface area (Å²) >= 11 is 0. The van der Waals surface area contributed by atoms with Crippen molar-refractivity contribution in [1.82, 2.24) is 9.97 Å². The van der Waals surface area contributed by atoms with Crippen LogP contribution in [-0.2, 0) is 4.74 Å². The second kappa shape index (κ2) is 9.43. The van der Waals surface area contributed by atoms with Gasteiger partial charge in [-0.3, -0.25) is 4.79 Å². The number of carbonyl (C=O) groups is 1. The van der Waals surface area contributed by atoms with Crippen molar-refractivity contribution in [2.75, 3.05) is 13.7 Å². The molecule has 30 heavy (non-hydrogen) atoms. The molecule has 2 aromatic carbocycles. The highest BCUT2D eigenvalue weighted by atomic mass is 16.5. The van der Waals surface area contributed by atoms with Crippen LogP contribution in [-0.4, -0.2) is 29.7 Å². The molecule has 7 heteroatoms. The molecule has 1 N–H and O–H groups in total. The van der Waals surface area contributed by atoms with Gasteiger partial charge in [-0.2, -0.15) is 0 Å². The number of fused-ring (bicyclic) bond motifs is 1. The Morgan fingerprint density at radius 2 is 1.87 bits per heavy atom. The minimum atomic E-state index is -0.734. The van der Waals surface area contributed by atoms with Crippen molar-refractivity contribution in [3.05, 3.63) is 64.2 Å². The first-order valence-corrected chi connectivity index (χ1v) is 9.89. The zero-order valence-corrected chi connectivity index (χ0v) is 17.6. The lowest BCUT2D eigenvalue weighted by Gasteiger charge is -2.15. The quantitative estimate of drug-likeness (QED) is 0.558. The van der Waals surface area contributed by atoms with Crippen molar-refractivity contribution in [2.24, 2.45) is 5.92 Å². The van der Waals surface area contributed by atoms with E-state index in [0.717, 1.165) is 6.42 Å². The normalized spacial score (nSPS) is 12.0. The summed E-state index contributed by atoms with van der Waals surface area (Å²) < 4.78 is 16.6. The van der Waals surface area contributed by atoms with Crippen LogP contribution in [0, 0.1) is 5.92 Å². The van der Waals surface area contributed by atoms with Crippen LogP contribution in [0.3, 0.4) is 0 Å². The Balaban J connectivity index is 1.74. The van der Waals surface area contributed by atoms with E-state index in [1.165, 1.54) is 7.11 Å². The van der Waals surface area contributed by atoms with Crippen LogP contribution in [0.15, 0.2) is 47.3 Å². The molecule has 0 fully saturated rings. The highest BCUT2D eigenvalue weighted by Crippen LogP contribution is 2.29. The number of methoxy groups -OCH3 is 1. The SMILES string of the molecule is COc1cc(C(=O)O[C@H](C)c2nc3ccccc3c(=O)[nH]2)ccc1OCCC(C)C. The zero-order chi connectivity index (χ0) is 21.7. The third kappa shape index (κ3) is 4.97. The van der Waals surface area contributed by atoms with Crippen LogP contribution >= 0.6 is 0 Å². The Morgan fingerprint density at radius 1 is 1.10 bits per heavy atom. The molecular formula is C23H26N2O5. The first-order chi connectivity index (χ1) is 14.4. The molecule has 7 nitrogen and oxygen atoms in total. The van der Waals surface area contributed by atoms with Crippen LogP contribution in [0.4, 0.5) is 0 Å². The highest BCUT2D eigenvalue weighted by Gasteiger charge is 2.18. The summed E-state index contributed by atoms with van der Waals surface area (Å²) in [6, 6.07) is 11.9. The van der Waals surface area contributed by atoms with E-state index in [1.807, 2.05) is 0 Å². The van der Waals surface area contributed by atoms with Gasteiger partial charge in [0, 0.05) is 0 Å². The standard InChI is InChI=1S/C23H26N2O5/c1-14(2)11-12-29-19-10-9-16(13-20(19)28-4)23(27)30-15(3)21-24-18-8-6-5-7-17(18)22(26)25-21/h5-10,13-15H,11-12H2,1-4H3,(H,24,25,26)/t15-/m1/s1. The number of ether oxygens (including phenoxy) is 3. The van der Waals surface area contributed by atoms with Gasteiger partial charge in [0.15, 0.2) is 23.4 Å². The topological polar surface area (TPSA) is 90.5 Å². The lowest BCUT2D eigenvalue weighted by molar-refractivity contribution is 0.0319. The van der Waals surface area contributed by atoms with E-state index in [0.29, 0.717) is 40.5 Å². The molecule has 0 aliphatic carbocycles. The molecule has 0 amide bonds. The molecular weight excluding hydrogens is 384 g/mol. The Labute approximate surface area is 175 Å². The van der Waals surface area contributed by atoms with Gasteiger partial charge in [0.25, 0.3) is 5.56 Å². The van der Waals surface area contributed by atoms with E-state index in [2.05, 4.69) is 23.8 Å². The molecule has 1 heterocycles. The summed E-state index contributed by atoms with van der Waals surface area (Å²) in [4.78, 5) is 31.9. The Kier molecular flexibility index (Phi) is 6.72. The summed E-state index contributed by atoms with van der Waals surface area (Å²) in [5.74, 6) is 1.29. The molecule has 0 saturated heterocycles. The number of hydrogen-bond acceptors (Lipinski definition) is 6. The largest absolute Gasteiger partial charge is 0.493 e. The molecule has 0 bridgehead atoms. The van der Waals surface area contributed by atoms with E-state index >= 15 is 0 Å². The first-order valence-electron chi connectivity index (χ1n) is 9.89. The predicted molar refractivity (Wildman–Crippen MR) is 114 cm³/mol. The number of aromatic nitrogens is 2. The first kappa shape index (κ1) is 21.4. The second-order valence-electron chi connectivity index (χ2n) is 7.41. The molecule has 158 valence electrons. The molecule has 0 saturated carbocycles. The third-order valence-corrected chi connectivity index (χ3v) is 4.65. The number of hydrogen-bond donors (Lipinski definition) is 1. The maximum atomic E-state index is 12.6. The van der Waals surface area contributed by atoms with Gasteiger partial charge in [-0.15, -0.1) is 0 Å². The number of nitrogens with zero attached hydrogens (tertiary/aromatic N) is 1. The molecule has 0 aliphatic rings. The minimum Gasteiger partial charge on any atom is -0.493 e. The summed E-state index contributed by atoms with van der Waals surface area (Å²) in [6.07, 6.45) is 0.185. The average Bonchev–Trinajstić information content (AvgIpc) is 2.73. The Bertz CT molecular complexity index is 1090. The van der Waals surface area contributed by atoms with Gasteiger partial charge >= 0.3 is 5.97 Å². The van der Waals surface area contributed by atoms with E-state index in [-0.39, 0.29) is 11.4 Å². The zero-order valence-electron chi connectivity index (χ0n) is 17.6. The number of rotatable bonds is 8. The molecule has 0 spiro atoms. The van der Waals surface area contributed by atoms with Gasteiger partial charge in [0.2, 0.25) is 0 Å². The summed E-state index contributed by atoms with van der Waals surface area (Å²) in [5, 5.41) is 0.484. The third-order valence-electron chi connectivity index (χ3n) is 4.65. The highest BCUT2D eigenvalue weighted by molar-refractivity contribution is 5.90. The lowest BCUT2D eigenvalue weighted by Crippen LogP contribution is -2.17. The van der Waals surface area contributed by atoms with Crippen LogP contribution in [0.25, 0.3) is 10.9 Å². The van der Waals surface area contributed by atoms with Crippen molar-refractivity contribution < 1.29 is 19.0 Å². The second-order valence-corrected chi connectivity index (χ2v) is 7.41. The van der Waals surface area contributed by atoms with Gasteiger partial charge in [-0.05, 0) is 49.6 Å². The van der Waals surface area contributed by atoms with E-state index in [1.54, 1.807) is 49.4 Å². The maximum Gasteiger partial charge on any atom is 0.338 e. The van der Waals surface area contributed by atoms with Gasteiger partial charge < -0.3 is 19.2 Å². The smallest absolute Gasteiger partial charge is 0.338 e. The number of nitrogens with one attached hydrogen (secondary N) is 1. The van der Waals surface area contributed by atoms with Crippen molar-refractivity contribution >= 4 is 16.9 Å². The van der Waals surface area contributed by atoms with Gasteiger partial charge in [0.1, 0.15) is 0 Å². The fraction of sp³-hybridized carbons (Fsp3) is 0.348. The summed E-state index contributed by atoms with van der Waals surface area (Å²) in [7, 11) is 1.52. The number of benzene rings is 2. The molecule has 0 radical (unpaired) electrons. The molecule has 1 atom stereocenters. The molecule has 0 unspecified atom stereocenters. The summed E-state index contributed by atoms with van der Waals surface area (Å²) in [6.45, 7) is 6.47. The molecule has 3 aromatic rings. The van der Waals surface area contributed by atoms with Crippen molar-refractivity contribution in [3.8, 4) is 11.5 Å². The number of para-hydroxylation sites is 1. The van der Waals surface area contributed by atoms with Crippen molar-refractivity contribution in [2.45, 2.75) is 33.3 Å². The molecule has 0 aliphatic heterocycles. The number of esters is 1. The van der Waals surface area contributed by atoms with Crippen molar-refractivity contribution in [1.29, 1.82) is 0 Å². The molecule has 3 rings (SSSR count). The van der Waals surface area contributed by atoms with Crippen LogP contribution < -0.4 is 15.0 Å². The monoisotopic (exact) mass is 410 g/mol. The van der Waals surface area contributed by atoms with Gasteiger partial charge in [-0.1, -0.05) is 26.0 Å². The average molecular weight is 410 g/mol. The van der Waals surface area contributed by atoms with Crippen molar-refractivity contribution in [3.63, 3.8) is 0 Å². The number of carbonyl (C=O) groups excluding carboxylic acids is 1. The lowest BCUT2D eigenvalue weighted by atomic mass is 10.1. The van der Waals surface area contributed by atoms with Crippen LogP contribution in [0.5, 0.6) is 11.5 Å². The number of aromatic amines is 1. The predicted octanol–water partition coefficient (Wildman–Crippen LogP) is 4.27. The van der Waals surface area contributed by atoms with E-state index in [4.69, 9.17) is 14.2 Å². The van der Waals surface area contributed by atoms with E-state index in [9.17, 15) is 9.59 Å². The minimum absolute atomic E-state index is 0.275. The maximum absolute atomic E-state index is 12.6. The van der Waals surface area contributed by atoms with Crippen LogP contribution in [0.1, 0.15) is 49.5 Å². The Hall–Kier alpha value is -3.35. The van der Waals surface area contributed by atoms with Gasteiger partial charge in [-0.25, -0.2) is 9.78 Å².